The molecule has 3 rings (SSSR count). The Labute approximate surface area is 173 Å². The zero-order valence-corrected chi connectivity index (χ0v) is 17.0. The first-order chi connectivity index (χ1) is 14.1. The Morgan fingerprint density at radius 2 is 1.87 bits per heavy atom. The molecule has 0 aliphatic carbocycles. The first-order valence-electron chi connectivity index (χ1n) is 9.51. The number of fused-ring (bicyclic) bond motifs is 1. The SMILES string of the molecule is C=CCn1c(C(=O)Nc2ccc(OC(F)(F)F)cc2)c(C)c2cc(C(C)C)ccc21. The zero-order valence-electron chi connectivity index (χ0n) is 17.0. The maximum absolute atomic E-state index is 13.1. The molecule has 0 unspecified atom stereocenters. The molecule has 1 amide bonds. The second-order valence-corrected chi connectivity index (χ2v) is 7.33. The predicted molar refractivity (Wildman–Crippen MR) is 112 cm³/mol. The lowest BCUT2D eigenvalue weighted by Crippen LogP contribution is -2.18. The Morgan fingerprint density at radius 1 is 1.20 bits per heavy atom. The Balaban J connectivity index is 1.95. The lowest BCUT2D eigenvalue weighted by atomic mass is 10.0. The number of alkyl halides is 3. The van der Waals surface area contributed by atoms with E-state index in [4.69, 9.17) is 0 Å². The van der Waals surface area contributed by atoms with Crippen molar-refractivity contribution in [2.24, 2.45) is 0 Å². The number of nitrogens with one attached hydrogen (secondary N) is 1. The minimum Gasteiger partial charge on any atom is -0.406 e. The number of nitrogens with zero attached hydrogens (tertiary/aromatic N) is 1. The van der Waals surface area contributed by atoms with Gasteiger partial charge in [-0.05, 0) is 60.4 Å². The van der Waals surface area contributed by atoms with Gasteiger partial charge in [-0.25, -0.2) is 0 Å². The molecular formula is C23H23F3N2O2. The molecule has 0 fully saturated rings. The number of rotatable bonds is 6. The lowest BCUT2D eigenvalue weighted by molar-refractivity contribution is -0.274. The van der Waals surface area contributed by atoms with E-state index in [1.54, 1.807) is 6.08 Å². The van der Waals surface area contributed by atoms with Crippen LogP contribution in [0.25, 0.3) is 10.9 Å². The minimum atomic E-state index is -4.76. The zero-order chi connectivity index (χ0) is 22.1. The van der Waals surface area contributed by atoms with Crippen molar-refractivity contribution in [2.75, 3.05) is 5.32 Å². The summed E-state index contributed by atoms with van der Waals surface area (Å²) < 4.78 is 42.7. The first kappa shape index (κ1) is 21.5. The molecule has 1 heterocycles. The summed E-state index contributed by atoms with van der Waals surface area (Å²) in [4.78, 5) is 13.1. The summed E-state index contributed by atoms with van der Waals surface area (Å²) in [5.74, 6) is -0.342. The van der Waals surface area contributed by atoms with Crippen LogP contribution in [0.15, 0.2) is 55.1 Å². The summed E-state index contributed by atoms with van der Waals surface area (Å²) in [6.07, 6.45) is -3.04. The molecule has 30 heavy (non-hydrogen) atoms. The third kappa shape index (κ3) is 4.50. The molecule has 1 N–H and O–H groups in total. The van der Waals surface area contributed by atoms with E-state index in [2.05, 4.69) is 36.5 Å². The molecule has 0 spiro atoms. The molecule has 0 radical (unpaired) electrons. The Kier molecular flexibility index (Phi) is 5.92. The summed E-state index contributed by atoms with van der Waals surface area (Å²) in [7, 11) is 0. The molecule has 0 saturated heterocycles. The number of aromatic nitrogens is 1. The molecule has 0 aliphatic rings. The fourth-order valence-corrected chi connectivity index (χ4v) is 3.44. The van der Waals surface area contributed by atoms with Crippen molar-refractivity contribution in [3.05, 3.63) is 71.9 Å². The molecule has 0 aliphatic heterocycles. The van der Waals surface area contributed by atoms with E-state index in [1.165, 1.54) is 17.7 Å². The average Bonchev–Trinajstić information content (AvgIpc) is 2.94. The van der Waals surface area contributed by atoms with Gasteiger partial charge in [0.15, 0.2) is 0 Å². The van der Waals surface area contributed by atoms with Crippen molar-refractivity contribution in [3.63, 3.8) is 0 Å². The number of carbonyl (C=O) groups is 1. The normalized spacial score (nSPS) is 11.7. The van der Waals surface area contributed by atoms with Crippen molar-refractivity contribution >= 4 is 22.5 Å². The van der Waals surface area contributed by atoms with Crippen LogP contribution in [0.3, 0.4) is 0 Å². The summed E-state index contributed by atoms with van der Waals surface area (Å²) in [6, 6.07) is 11.2. The number of anilines is 1. The second kappa shape index (κ2) is 8.26. The second-order valence-electron chi connectivity index (χ2n) is 7.33. The van der Waals surface area contributed by atoms with Gasteiger partial charge in [-0.15, -0.1) is 19.8 Å². The number of hydrogen-bond acceptors (Lipinski definition) is 2. The predicted octanol–water partition coefficient (Wildman–Crippen LogP) is 6.41. The maximum Gasteiger partial charge on any atom is 0.573 e. The maximum atomic E-state index is 13.1. The molecule has 3 aromatic rings. The van der Waals surface area contributed by atoms with E-state index in [9.17, 15) is 18.0 Å². The van der Waals surface area contributed by atoms with Crippen molar-refractivity contribution < 1.29 is 22.7 Å². The van der Waals surface area contributed by atoms with E-state index in [1.807, 2.05) is 23.6 Å². The smallest absolute Gasteiger partial charge is 0.406 e. The third-order valence-electron chi connectivity index (χ3n) is 4.88. The molecule has 0 atom stereocenters. The Bertz CT molecular complexity index is 1080. The van der Waals surface area contributed by atoms with E-state index in [0.29, 0.717) is 23.8 Å². The highest BCUT2D eigenvalue weighted by atomic mass is 19.4. The van der Waals surface area contributed by atoms with Crippen LogP contribution in [0, 0.1) is 6.92 Å². The topological polar surface area (TPSA) is 43.3 Å². The monoisotopic (exact) mass is 416 g/mol. The number of hydrogen-bond donors (Lipinski definition) is 1. The van der Waals surface area contributed by atoms with Crippen LogP contribution < -0.4 is 10.1 Å². The number of benzene rings is 2. The van der Waals surface area contributed by atoms with E-state index >= 15 is 0 Å². The van der Waals surface area contributed by atoms with Crippen molar-refractivity contribution in [3.8, 4) is 5.75 Å². The Hall–Kier alpha value is -3.22. The van der Waals surface area contributed by atoms with Crippen LogP contribution in [0.1, 0.15) is 41.4 Å². The van der Waals surface area contributed by atoms with Gasteiger partial charge in [0.1, 0.15) is 11.4 Å². The van der Waals surface area contributed by atoms with Gasteiger partial charge in [-0.3, -0.25) is 4.79 Å². The average molecular weight is 416 g/mol. The highest BCUT2D eigenvalue weighted by molar-refractivity contribution is 6.08. The largest absolute Gasteiger partial charge is 0.573 e. The van der Waals surface area contributed by atoms with E-state index in [-0.39, 0.29) is 11.7 Å². The molecule has 7 heteroatoms. The van der Waals surface area contributed by atoms with Gasteiger partial charge in [-0.2, -0.15) is 0 Å². The molecular weight excluding hydrogens is 393 g/mol. The molecule has 0 bridgehead atoms. The number of allylic oxidation sites excluding steroid dienone is 1. The van der Waals surface area contributed by atoms with Crippen molar-refractivity contribution in [1.82, 2.24) is 4.57 Å². The number of carbonyl (C=O) groups excluding carboxylic acids is 1. The standard InChI is InChI=1S/C23H23F3N2O2/c1-5-12-28-20-11-6-16(14(2)3)13-19(20)15(4)21(28)22(29)27-17-7-9-18(10-8-17)30-23(24,25)26/h5-11,13-14H,1,12H2,2-4H3,(H,27,29). The summed E-state index contributed by atoms with van der Waals surface area (Å²) in [5.41, 5.74) is 3.79. The fraction of sp³-hybridized carbons (Fsp3) is 0.261. The first-order valence-corrected chi connectivity index (χ1v) is 9.51. The highest BCUT2D eigenvalue weighted by Gasteiger charge is 2.31. The molecule has 2 aromatic carbocycles. The highest BCUT2D eigenvalue weighted by Crippen LogP contribution is 2.30. The fourth-order valence-electron chi connectivity index (χ4n) is 3.44. The minimum absolute atomic E-state index is 0.346. The summed E-state index contributed by atoms with van der Waals surface area (Å²) in [6.45, 7) is 10.3. The van der Waals surface area contributed by atoms with Gasteiger partial charge in [0, 0.05) is 23.1 Å². The number of amides is 1. The molecule has 0 saturated carbocycles. The van der Waals surface area contributed by atoms with E-state index in [0.717, 1.165) is 28.6 Å². The van der Waals surface area contributed by atoms with E-state index < -0.39 is 6.36 Å². The summed E-state index contributed by atoms with van der Waals surface area (Å²) >= 11 is 0. The van der Waals surface area contributed by atoms with Gasteiger partial charge in [0.25, 0.3) is 5.91 Å². The van der Waals surface area contributed by atoms with Gasteiger partial charge in [0.2, 0.25) is 0 Å². The quantitative estimate of drug-likeness (QED) is 0.472. The molecule has 158 valence electrons. The van der Waals surface area contributed by atoms with Crippen molar-refractivity contribution in [2.45, 2.75) is 39.6 Å². The van der Waals surface area contributed by atoms with Crippen LogP contribution in [-0.2, 0) is 6.54 Å². The van der Waals surface area contributed by atoms with Gasteiger partial charge >= 0.3 is 6.36 Å². The van der Waals surface area contributed by atoms with Crippen LogP contribution in [-0.4, -0.2) is 16.8 Å². The Morgan fingerprint density at radius 3 is 2.43 bits per heavy atom. The van der Waals surface area contributed by atoms with Gasteiger partial charge < -0.3 is 14.6 Å². The number of aryl methyl sites for hydroxylation is 1. The van der Waals surface area contributed by atoms with Crippen LogP contribution in [0.2, 0.25) is 0 Å². The number of halogens is 3. The number of ether oxygens (including phenoxy) is 1. The van der Waals surface area contributed by atoms with Crippen LogP contribution in [0.4, 0.5) is 18.9 Å². The molecule has 1 aromatic heterocycles. The molecule has 4 nitrogen and oxygen atoms in total. The van der Waals surface area contributed by atoms with Crippen LogP contribution >= 0.6 is 0 Å². The van der Waals surface area contributed by atoms with Crippen LogP contribution in [0.5, 0.6) is 5.75 Å². The lowest BCUT2D eigenvalue weighted by Gasteiger charge is -2.12. The van der Waals surface area contributed by atoms with Gasteiger partial charge in [-0.1, -0.05) is 26.0 Å². The van der Waals surface area contributed by atoms with Gasteiger partial charge in [0.05, 0.1) is 0 Å². The van der Waals surface area contributed by atoms with Crippen molar-refractivity contribution in [1.29, 1.82) is 0 Å². The summed E-state index contributed by atoms with van der Waals surface area (Å²) in [5, 5.41) is 3.74. The third-order valence-corrected chi connectivity index (χ3v) is 4.88.